The van der Waals surface area contributed by atoms with Gasteiger partial charge in [-0.25, -0.2) is 0 Å². The van der Waals surface area contributed by atoms with Gasteiger partial charge >= 0.3 is 0 Å². The normalized spacial score (nSPS) is 16.6. The SMILES string of the molecule is CC(=O)CC(C(C)=O)=C1CCCCC1. The van der Waals surface area contributed by atoms with Gasteiger partial charge in [0.25, 0.3) is 0 Å². The molecule has 1 rings (SSSR count). The molecule has 0 bridgehead atoms. The van der Waals surface area contributed by atoms with Gasteiger partial charge in [0.2, 0.25) is 0 Å². The van der Waals surface area contributed by atoms with E-state index in [0.29, 0.717) is 6.42 Å². The van der Waals surface area contributed by atoms with Crippen LogP contribution in [-0.2, 0) is 9.59 Å². The molecule has 0 aliphatic heterocycles. The van der Waals surface area contributed by atoms with E-state index in [1.807, 2.05) is 0 Å². The summed E-state index contributed by atoms with van der Waals surface area (Å²) in [6, 6.07) is 0. The van der Waals surface area contributed by atoms with E-state index in [1.165, 1.54) is 24.8 Å². The summed E-state index contributed by atoms with van der Waals surface area (Å²) in [7, 11) is 0. The van der Waals surface area contributed by atoms with Gasteiger partial charge in [-0.1, -0.05) is 12.0 Å². The Kier molecular flexibility index (Phi) is 4.05. The van der Waals surface area contributed by atoms with Crippen molar-refractivity contribution in [1.29, 1.82) is 0 Å². The molecule has 0 unspecified atom stereocenters. The minimum absolute atomic E-state index is 0.0806. The molecule has 0 N–H and O–H groups in total. The number of rotatable bonds is 3. The highest BCUT2D eigenvalue weighted by molar-refractivity contribution is 5.99. The molecule has 2 heteroatoms. The largest absolute Gasteiger partial charge is 0.300 e. The lowest BCUT2D eigenvalue weighted by Crippen LogP contribution is -2.08. The number of allylic oxidation sites excluding steroid dienone is 2. The predicted octanol–water partition coefficient (Wildman–Crippen LogP) is 2.82. The van der Waals surface area contributed by atoms with Crippen LogP contribution in [0.15, 0.2) is 11.1 Å². The van der Waals surface area contributed by atoms with Crippen molar-refractivity contribution >= 4 is 11.6 Å². The van der Waals surface area contributed by atoms with Crippen LogP contribution in [0.25, 0.3) is 0 Å². The third-order valence-corrected chi connectivity index (χ3v) is 2.73. The summed E-state index contributed by atoms with van der Waals surface area (Å²) in [6.45, 7) is 3.12. The number of ketones is 2. The van der Waals surface area contributed by atoms with E-state index >= 15 is 0 Å². The molecule has 0 heterocycles. The predicted molar refractivity (Wildman–Crippen MR) is 56.1 cm³/mol. The van der Waals surface area contributed by atoms with Crippen molar-refractivity contribution in [3.8, 4) is 0 Å². The maximum absolute atomic E-state index is 11.4. The van der Waals surface area contributed by atoms with Gasteiger partial charge in [0, 0.05) is 12.0 Å². The molecule has 1 saturated carbocycles. The van der Waals surface area contributed by atoms with E-state index in [-0.39, 0.29) is 11.6 Å². The number of hydrogen-bond acceptors (Lipinski definition) is 2. The first kappa shape index (κ1) is 11.2. The molecule has 0 atom stereocenters. The molecule has 0 radical (unpaired) electrons. The first-order valence-electron chi connectivity index (χ1n) is 5.32. The van der Waals surface area contributed by atoms with E-state index in [9.17, 15) is 9.59 Å². The fourth-order valence-corrected chi connectivity index (χ4v) is 2.03. The van der Waals surface area contributed by atoms with Gasteiger partial charge in [-0.3, -0.25) is 9.59 Å². The topological polar surface area (TPSA) is 34.1 Å². The first-order valence-corrected chi connectivity index (χ1v) is 5.32. The Hall–Kier alpha value is -0.920. The third-order valence-electron chi connectivity index (χ3n) is 2.73. The molecule has 0 spiro atoms. The minimum Gasteiger partial charge on any atom is -0.300 e. The van der Waals surface area contributed by atoms with Gasteiger partial charge < -0.3 is 0 Å². The van der Waals surface area contributed by atoms with E-state index in [0.717, 1.165) is 18.4 Å². The van der Waals surface area contributed by atoms with Gasteiger partial charge in [0.05, 0.1) is 0 Å². The second-order valence-electron chi connectivity index (χ2n) is 4.08. The van der Waals surface area contributed by atoms with Crippen LogP contribution in [-0.4, -0.2) is 11.6 Å². The highest BCUT2D eigenvalue weighted by atomic mass is 16.1. The van der Waals surface area contributed by atoms with Gasteiger partial charge in [-0.05, 0) is 39.5 Å². The molecule has 0 aromatic carbocycles. The van der Waals surface area contributed by atoms with Crippen molar-refractivity contribution in [1.82, 2.24) is 0 Å². The standard InChI is InChI=1S/C12H18O2/c1-9(13)8-12(10(2)14)11-6-4-3-5-7-11/h3-8H2,1-2H3. The maximum atomic E-state index is 11.4. The number of Topliss-reactive ketones (excluding diaryl/α,β-unsaturated/α-hetero) is 2. The Morgan fingerprint density at radius 3 is 2.07 bits per heavy atom. The van der Waals surface area contributed by atoms with Crippen LogP contribution in [0.5, 0.6) is 0 Å². The highest BCUT2D eigenvalue weighted by Gasteiger charge is 2.15. The van der Waals surface area contributed by atoms with Crippen molar-refractivity contribution in [2.75, 3.05) is 0 Å². The molecule has 1 aliphatic carbocycles. The van der Waals surface area contributed by atoms with Gasteiger partial charge in [-0.2, -0.15) is 0 Å². The fraction of sp³-hybridized carbons (Fsp3) is 0.667. The second-order valence-corrected chi connectivity index (χ2v) is 4.08. The summed E-state index contributed by atoms with van der Waals surface area (Å²) < 4.78 is 0. The average molecular weight is 194 g/mol. The van der Waals surface area contributed by atoms with Crippen molar-refractivity contribution in [2.45, 2.75) is 52.4 Å². The average Bonchev–Trinajstić information content (AvgIpc) is 2.15. The molecule has 0 saturated heterocycles. The quantitative estimate of drug-likeness (QED) is 0.647. The van der Waals surface area contributed by atoms with Crippen LogP contribution < -0.4 is 0 Å². The molecule has 1 aliphatic rings. The zero-order valence-corrected chi connectivity index (χ0v) is 9.06. The summed E-state index contributed by atoms with van der Waals surface area (Å²) >= 11 is 0. The zero-order chi connectivity index (χ0) is 10.6. The lowest BCUT2D eigenvalue weighted by molar-refractivity contribution is -0.119. The Bertz CT molecular complexity index is 266. The second kappa shape index (κ2) is 5.08. The van der Waals surface area contributed by atoms with E-state index in [2.05, 4.69) is 0 Å². The van der Waals surface area contributed by atoms with Crippen molar-refractivity contribution in [3.05, 3.63) is 11.1 Å². The van der Waals surface area contributed by atoms with Crippen molar-refractivity contribution in [2.24, 2.45) is 0 Å². The van der Waals surface area contributed by atoms with Gasteiger partial charge in [0.1, 0.15) is 5.78 Å². The maximum Gasteiger partial charge on any atom is 0.156 e. The molecular weight excluding hydrogens is 176 g/mol. The Labute approximate surface area is 85.4 Å². The Balaban J connectivity index is 2.82. The van der Waals surface area contributed by atoms with Crippen LogP contribution in [0.1, 0.15) is 52.4 Å². The van der Waals surface area contributed by atoms with Crippen LogP contribution >= 0.6 is 0 Å². The van der Waals surface area contributed by atoms with E-state index in [1.54, 1.807) is 13.8 Å². The third kappa shape index (κ3) is 3.09. The summed E-state index contributed by atoms with van der Waals surface area (Å²) in [6.07, 6.45) is 5.97. The summed E-state index contributed by atoms with van der Waals surface area (Å²) in [5.41, 5.74) is 2.02. The molecule has 78 valence electrons. The monoisotopic (exact) mass is 194 g/mol. The molecular formula is C12H18O2. The molecule has 0 aromatic heterocycles. The smallest absolute Gasteiger partial charge is 0.156 e. The summed E-state index contributed by atoms with van der Waals surface area (Å²) in [5, 5.41) is 0. The van der Waals surface area contributed by atoms with Crippen LogP contribution in [0, 0.1) is 0 Å². The number of carbonyl (C=O) groups excluding carboxylic acids is 2. The van der Waals surface area contributed by atoms with E-state index < -0.39 is 0 Å². The molecule has 14 heavy (non-hydrogen) atoms. The Morgan fingerprint density at radius 2 is 1.64 bits per heavy atom. The summed E-state index contributed by atoms with van der Waals surface area (Å²) in [5.74, 6) is 0.172. The molecule has 2 nitrogen and oxygen atoms in total. The number of hydrogen-bond donors (Lipinski definition) is 0. The van der Waals surface area contributed by atoms with Crippen molar-refractivity contribution in [3.63, 3.8) is 0 Å². The van der Waals surface area contributed by atoms with Crippen LogP contribution in [0.4, 0.5) is 0 Å². The van der Waals surface area contributed by atoms with Gasteiger partial charge in [0.15, 0.2) is 5.78 Å². The van der Waals surface area contributed by atoms with Crippen molar-refractivity contribution < 1.29 is 9.59 Å². The minimum atomic E-state index is 0.0806. The lowest BCUT2D eigenvalue weighted by atomic mass is 9.88. The number of carbonyl (C=O) groups is 2. The molecule has 0 amide bonds. The van der Waals surface area contributed by atoms with E-state index in [4.69, 9.17) is 0 Å². The Morgan fingerprint density at radius 1 is 1.07 bits per heavy atom. The molecule has 0 aromatic rings. The summed E-state index contributed by atoms with van der Waals surface area (Å²) in [4.78, 5) is 22.4. The zero-order valence-electron chi connectivity index (χ0n) is 9.06. The lowest BCUT2D eigenvalue weighted by Gasteiger charge is -2.17. The van der Waals surface area contributed by atoms with Crippen LogP contribution in [0.3, 0.4) is 0 Å². The van der Waals surface area contributed by atoms with Crippen LogP contribution in [0.2, 0.25) is 0 Å². The fourth-order valence-electron chi connectivity index (χ4n) is 2.03. The first-order chi connectivity index (χ1) is 6.61. The molecule has 1 fully saturated rings. The van der Waals surface area contributed by atoms with Gasteiger partial charge in [-0.15, -0.1) is 0 Å². The highest BCUT2D eigenvalue weighted by Crippen LogP contribution is 2.27.